The number of hydrogen-bond donors (Lipinski definition) is 1. The molecule has 3 rings (SSSR count). The Kier molecular flexibility index (Phi) is 5.16. The van der Waals surface area contributed by atoms with Gasteiger partial charge in [0.25, 0.3) is 0 Å². The van der Waals surface area contributed by atoms with Crippen LogP contribution in [0.25, 0.3) is 0 Å². The fourth-order valence-corrected chi connectivity index (χ4v) is 4.65. The van der Waals surface area contributed by atoms with Gasteiger partial charge in [0.1, 0.15) is 13.2 Å². The molecular weight excluding hydrogens is 356 g/mol. The maximum atomic E-state index is 12.9. The van der Waals surface area contributed by atoms with Crippen molar-refractivity contribution in [3.63, 3.8) is 0 Å². The van der Waals surface area contributed by atoms with Crippen molar-refractivity contribution in [3.05, 3.63) is 18.2 Å². The SMILES string of the molecule is CC(C)(C)NC(=O)C1CCN(S(=O)(=O)c2ccc3c(c2)OCCO3)CC1. The second-order valence-corrected chi connectivity index (χ2v) is 9.66. The van der Waals surface area contributed by atoms with E-state index in [1.54, 1.807) is 12.1 Å². The molecular formula is C18H26N2O5S. The fourth-order valence-electron chi connectivity index (χ4n) is 3.16. The molecule has 26 heavy (non-hydrogen) atoms. The summed E-state index contributed by atoms with van der Waals surface area (Å²) < 4.78 is 38.2. The Bertz CT molecular complexity index is 777. The zero-order valence-electron chi connectivity index (χ0n) is 15.4. The molecule has 1 saturated heterocycles. The third kappa shape index (κ3) is 4.12. The van der Waals surface area contributed by atoms with E-state index in [1.165, 1.54) is 10.4 Å². The Hall–Kier alpha value is -1.80. The molecule has 7 nitrogen and oxygen atoms in total. The molecule has 0 atom stereocenters. The number of nitrogens with one attached hydrogen (secondary N) is 1. The molecule has 1 fully saturated rings. The minimum atomic E-state index is -3.61. The quantitative estimate of drug-likeness (QED) is 0.861. The Morgan fingerprint density at radius 1 is 1.12 bits per heavy atom. The van der Waals surface area contributed by atoms with Gasteiger partial charge in [-0.1, -0.05) is 0 Å². The monoisotopic (exact) mass is 382 g/mol. The number of ether oxygens (including phenoxy) is 2. The lowest BCUT2D eigenvalue weighted by Gasteiger charge is -2.32. The van der Waals surface area contributed by atoms with Gasteiger partial charge in [-0.2, -0.15) is 4.31 Å². The molecule has 2 heterocycles. The summed E-state index contributed by atoms with van der Waals surface area (Å²) >= 11 is 0. The fraction of sp³-hybridized carbons (Fsp3) is 0.611. The van der Waals surface area contributed by atoms with E-state index >= 15 is 0 Å². The van der Waals surface area contributed by atoms with Crippen LogP contribution in [0.15, 0.2) is 23.1 Å². The van der Waals surface area contributed by atoms with Gasteiger partial charge in [-0.05, 0) is 45.7 Å². The van der Waals surface area contributed by atoms with Crippen molar-refractivity contribution in [2.24, 2.45) is 5.92 Å². The maximum absolute atomic E-state index is 12.9. The zero-order chi connectivity index (χ0) is 18.9. The third-order valence-electron chi connectivity index (χ3n) is 4.47. The first-order chi connectivity index (χ1) is 12.2. The van der Waals surface area contributed by atoms with E-state index in [0.29, 0.717) is 50.6 Å². The summed E-state index contributed by atoms with van der Waals surface area (Å²) in [6, 6.07) is 4.69. The number of hydrogen-bond acceptors (Lipinski definition) is 5. The van der Waals surface area contributed by atoms with Crippen molar-refractivity contribution in [2.45, 2.75) is 44.0 Å². The molecule has 1 N–H and O–H groups in total. The summed E-state index contributed by atoms with van der Waals surface area (Å²) in [5, 5.41) is 2.97. The van der Waals surface area contributed by atoms with Crippen LogP contribution in [0, 0.1) is 5.92 Å². The summed E-state index contributed by atoms with van der Waals surface area (Å²) in [5.74, 6) is 0.861. The van der Waals surface area contributed by atoms with Gasteiger partial charge in [0.05, 0.1) is 4.90 Å². The first kappa shape index (κ1) is 19.0. The zero-order valence-corrected chi connectivity index (χ0v) is 16.3. The molecule has 1 aromatic rings. The molecule has 2 aliphatic rings. The number of rotatable bonds is 3. The van der Waals surface area contributed by atoms with Crippen molar-refractivity contribution >= 4 is 15.9 Å². The number of piperidine rings is 1. The van der Waals surface area contributed by atoms with E-state index in [0.717, 1.165) is 0 Å². The standard InChI is InChI=1S/C18H26N2O5S/c1-18(2,3)19-17(21)13-6-8-20(9-7-13)26(22,23)14-4-5-15-16(12-14)25-11-10-24-15/h4-5,12-13H,6-11H2,1-3H3,(H,19,21). The minimum Gasteiger partial charge on any atom is -0.486 e. The number of amides is 1. The van der Waals surface area contributed by atoms with Gasteiger partial charge in [0.2, 0.25) is 15.9 Å². The summed E-state index contributed by atoms with van der Waals surface area (Å²) in [6.45, 7) is 7.34. The second-order valence-electron chi connectivity index (χ2n) is 7.72. The van der Waals surface area contributed by atoms with Crippen LogP contribution in [-0.4, -0.2) is 50.5 Å². The molecule has 144 valence electrons. The molecule has 8 heteroatoms. The minimum absolute atomic E-state index is 0.00567. The average molecular weight is 382 g/mol. The van der Waals surface area contributed by atoms with E-state index in [9.17, 15) is 13.2 Å². The van der Waals surface area contributed by atoms with Crippen molar-refractivity contribution < 1.29 is 22.7 Å². The Balaban J connectivity index is 1.67. The molecule has 0 radical (unpaired) electrons. The maximum Gasteiger partial charge on any atom is 0.243 e. The highest BCUT2D eigenvalue weighted by molar-refractivity contribution is 7.89. The van der Waals surface area contributed by atoms with Crippen LogP contribution in [0.1, 0.15) is 33.6 Å². The molecule has 1 amide bonds. The van der Waals surface area contributed by atoms with E-state index in [1.807, 2.05) is 20.8 Å². The first-order valence-corrected chi connectivity index (χ1v) is 10.3. The van der Waals surface area contributed by atoms with E-state index < -0.39 is 10.0 Å². The van der Waals surface area contributed by atoms with Gasteiger partial charge in [-0.15, -0.1) is 0 Å². The third-order valence-corrected chi connectivity index (χ3v) is 6.37. The molecule has 2 aliphatic heterocycles. The molecule has 0 aliphatic carbocycles. The molecule has 0 spiro atoms. The van der Waals surface area contributed by atoms with Crippen LogP contribution in [0.4, 0.5) is 0 Å². The van der Waals surface area contributed by atoms with E-state index in [-0.39, 0.29) is 22.3 Å². The molecule has 1 aromatic carbocycles. The van der Waals surface area contributed by atoms with Gasteiger partial charge in [-0.25, -0.2) is 8.42 Å². The summed E-state index contributed by atoms with van der Waals surface area (Å²) in [4.78, 5) is 12.5. The van der Waals surface area contributed by atoms with Gasteiger partial charge < -0.3 is 14.8 Å². The summed E-state index contributed by atoms with van der Waals surface area (Å²) in [7, 11) is -3.61. The lowest BCUT2D eigenvalue weighted by molar-refractivity contribution is -0.127. The largest absolute Gasteiger partial charge is 0.486 e. The van der Waals surface area contributed by atoms with Crippen LogP contribution in [-0.2, 0) is 14.8 Å². The van der Waals surface area contributed by atoms with Crippen LogP contribution >= 0.6 is 0 Å². The average Bonchev–Trinajstić information content (AvgIpc) is 2.60. The van der Waals surface area contributed by atoms with Crippen molar-refractivity contribution in [2.75, 3.05) is 26.3 Å². The molecule has 0 aromatic heterocycles. The highest BCUT2D eigenvalue weighted by Crippen LogP contribution is 2.34. The predicted octanol–water partition coefficient (Wildman–Crippen LogP) is 1.77. The van der Waals surface area contributed by atoms with Gasteiger partial charge in [-0.3, -0.25) is 4.79 Å². The van der Waals surface area contributed by atoms with Crippen LogP contribution < -0.4 is 14.8 Å². The first-order valence-electron chi connectivity index (χ1n) is 8.89. The molecule has 0 saturated carbocycles. The molecule has 0 unspecified atom stereocenters. The highest BCUT2D eigenvalue weighted by atomic mass is 32.2. The lowest BCUT2D eigenvalue weighted by atomic mass is 9.96. The topological polar surface area (TPSA) is 84.9 Å². The van der Waals surface area contributed by atoms with E-state index in [2.05, 4.69) is 5.32 Å². The second kappa shape index (κ2) is 7.08. The number of sulfonamides is 1. The van der Waals surface area contributed by atoms with Gasteiger partial charge in [0, 0.05) is 30.6 Å². The Labute approximate surface area is 154 Å². The van der Waals surface area contributed by atoms with Crippen molar-refractivity contribution in [1.82, 2.24) is 9.62 Å². The number of nitrogens with zero attached hydrogens (tertiary/aromatic N) is 1. The predicted molar refractivity (Wildman–Crippen MR) is 96.8 cm³/mol. The van der Waals surface area contributed by atoms with Crippen molar-refractivity contribution in [1.29, 1.82) is 0 Å². The lowest BCUT2D eigenvalue weighted by Crippen LogP contribution is -2.47. The summed E-state index contributed by atoms with van der Waals surface area (Å²) in [5.41, 5.74) is -0.286. The van der Waals surface area contributed by atoms with E-state index in [4.69, 9.17) is 9.47 Å². The Morgan fingerprint density at radius 3 is 2.35 bits per heavy atom. The molecule has 0 bridgehead atoms. The number of fused-ring (bicyclic) bond motifs is 1. The number of carbonyl (C=O) groups is 1. The Morgan fingerprint density at radius 2 is 1.73 bits per heavy atom. The highest BCUT2D eigenvalue weighted by Gasteiger charge is 2.33. The van der Waals surface area contributed by atoms with Gasteiger partial charge >= 0.3 is 0 Å². The summed E-state index contributed by atoms with van der Waals surface area (Å²) in [6.07, 6.45) is 1.04. The number of benzene rings is 1. The van der Waals surface area contributed by atoms with Crippen molar-refractivity contribution in [3.8, 4) is 11.5 Å². The van der Waals surface area contributed by atoms with Crippen LogP contribution in [0.5, 0.6) is 11.5 Å². The normalized spacial score (nSPS) is 19.2. The van der Waals surface area contributed by atoms with Crippen LogP contribution in [0.3, 0.4) is 0 Å². The van der Waals surface area contributed by atoms with Crippen LogP contribution in [0.2, 0.25) is 0 Å². The van der Waals surface area contributed by atoms with Gasteiger partial charge in [0.15, 0.2) is 11.5 Å². The smallest absolute Gasteiger partial charge is 0.243 e. The number of carbonyl (C=O) groups excluding carboxylic acids is 1.